The van der Waals surface area contributed by atoms with Gasteiger partial charge in [0, 0.05) is 31.7 Å². The number of carbonyl (C=O) groups is 3. The number of allylic oxidation sites excluding steroid dienone is 1. The molecule has 0 aliphatic carbocycles. The van der Waals surface area contributed by atoms with E-state index >= 15 is 0 Å². The number of nitriles is 1. The number of benzene rings is 2. The molecular formula is C31H35N3O3S. The molecule has 1 amide bonds. The lowest BCUT2D eigenvalue weighted by molar-refractivity contribution is -0.130. The number of aromatic nitrogens is 1. The van der Waals surface area contributed by atoms with Crippen LogP contribution in [0.15, 0.2) is 60.7 Å². The molecule has 2 aromatic carbocycles. The molecule has 38 heavy (non-hydrogen) atoms. The Kier molecular flexibility index (Phi) is 10.5. The van der Waals surface area contributed by atoms with E-state index in [1.807, 2.05) is 36.4 Å². The number of nitrogens with one attached hydrogen (secondary N) is 1. The summed E-state index contributed by atoms with van der Waals surface area (Å²) in [5, 5.41) is 12.9. The van der Waals surface area contributed by atoms with Gasteiger partial charge < -0.3 is 5.32 Å². The zero-order valence-corrected chi connectivity index (χ0v) is 23.1. The van der Waals surface area contributed by atoms with Gasteiger partial charge in [0.15, 0.2) is 5.78 Å². The monoisotopic (exact) mass is 529 g/mol. The third-order valence-corrected chi connectivity index (χ3v) is 7.69. The molecule has 0 fully saturated rings. The highest BCUT2D eigenvalue weighted by Crippen LogP contribution is 2.28. The van der Waals surface area contributed by atoms with Gasteiger partial charge in [0.25, 0.3) is 0 Å². The van der Waals surface area contributed by atoms with Crippen LogP contribution in [0.2, 0.25) is 0 Å². The van der Waals surface area contributed by atoms with Crippen molar-refractivity contribution in [2.24, 2.45) is 5.92 Å². The molecular weight excluding hydrogens is 494 g/mol. The van der Waals surface area contributed by atoms with Crippen LogP contribution >= 0.6 is 11.3 Å². The quantitative estimate of drug-likeness (QED) is 0.201. The molecule has 0 saturated heterocycles. The molecule has 198 valence electrons. The van der Waals surface area contributed by atoms with Crippen molar-refractivity contribution in [3.05, 3.63) is 76.8 Å². The topological polar surface area (TPSA) is 99.9 Å². The molecule has 2 atom stereocenters. The van der Waals surface area contributed by atoms with Gasteiger partial charge in [-0.25, -0.2) is 4.98 Å². The fraction of sp³-hybridized carbons (Fsp3) is 0.387. The van der Waals surface area contributed by atoms with E-state index < -0.39 is 5.92 Å². The largest absolute Gasteiger partial charge is 0.353 e. The highest BCUT2D eigenvalue weighted by Gasteiger charge is 2.26. The molecule has 0 bridgehead atoms. The number of Topliss-reactive ketones (excluding diaryl/α,β-unsaturated/α-hetero) is 2. The Bertz CT molecular complexity index is 1340. The van der Waals surface area contributed by atoms with Crippen molar-refractivity contribution in [1.29, 1.82) is 5.26 Å². The number of amides is 1. The van der Waals surface area contributed by atoms with Gasteiger partial charge in [0.2, 0.25) is 5.91 Å². The Labute approximate surface area is 228 Å². The Hall–Kier alpha value is -3.63. The summed E-state index contributed by atoms with van der Waals surface area (Å²) in [6.45, 7) is 9.60. The second kappa shape index (κ2) is 13.8. The van der Waals surface area contributed by atoms with Crippen molar-refractivity contribution in [2.75, 3.05) is 0 Å². The van der Waals surface area contributed by atoms with Gasteiger partial charge in [-0.05, 0) is 42.0 Å². The summed E-state index contributed by atoms with van der Waals surface area (Å²) in [4.78, 5) is 43.0. The van der Waals surface area contributed by atoms with E-state index in [1.54, 1.807) is 24.3 Å². The standard InChI is InChI=1S/C31H35N3O3S/c1-5-26(35)16-24(18-30-34-27-13-11-23(20(2)3)17-29(27)38-30)31(37)33-25(12-14-28(36)21(4)19-32)15-22-9-7-6-8-10-22/h6-11,13,17,20,24-25H,4-5,12,14-16,18H2,1-3H3,(H,33,37)/t24-,25+/m0/s1. The van der Waals surface area contributed by atoms with Crippen molar-refractivity contribution in [3.63, 3.8) is 0 Å². The van der Waals surface area contributed by atoms with Crippen LogP contribution in [0.1, 0.15) is 68.5 Å². The van der Waals surface area contributed by atoms with E-state index in [1.165, 1.54) is 5.56 Å². The number of fused-ring (bicyclic) bond motifs is 1. The maximum atomic E-state index is 13.6. The van der Waals surface area contributed by atoms with Gasteiger partial charge >= 0.3 is 0 Å². The zero-order valence-electron chi connectivity index (χ0n) is 22.3. The smallest absolute Gasteiger partial charge is 0.224 e. The van der Waals surface area contributed by atoms with E-state index in [0.717, 1.165) is 20.8 Å². The van der Waals surface area contributed by atoms with Gasteiger partial charge in [0.05, 0.1) is 26.7 Å². The first-order valence-electron chi connectivity index (χ1n) is 13.1. The first kappa shape index (κ1) is 28.9. The van der Waals surface area contributed by atoms with Crippen molar-refractivity contribution in [1.82, 2.24) is 10.3 Å². The summed E-state index contributed by atoms with van der Waals surface area (Å²) in [7, 11) is 0. The lowest BCUT2D eigenvalue weighted by Crippen LogP contribution is -2.41. The van der Waals surface area contributed by atoms with Crippen LogP contribution in [-0.2, 0) is 27.2 Å². The molecule has 0 aliphatic heterocycles. The minimum atomic E-state index is -0.560. The number of thiazole rings is 1. The maximum absolute atomic E-state index is 13.6. The number of carbonyl (C=O) groups excluding carboxylic acids is 3. The Morgan fingerprint density at radius 1 is 1.11 bits per heavy atom. The molecule has 6 nitrogen and oxygen atoms in total. The highest BCUT2D eigenvalue weighted by atomic mass is 32.1. The first-order chi connectivity index (χ1) is 18.2. The average molecular weight is 530 g/mol. The predicted molar refractivity (Wildman–Crippen MR) is 152 cm³/mol. The summed E-state index contributed by atoms with van der Waals surface area (Å²) in [5.74, 6) is -0.678. The highest BCUT2D eigenvalue weighted by molar-refractivity contribution is 7.18. The van der Waals surface area contributed by atoms with E-state index in [-0.39, 0.29) is 41.9 Å². The number of nitrogens with zero attached hydrogens (tertiary/aromatic N) is 2. The second-order valence-corrected chi connectivity index (χ2v) is 11.0. The van der Waals surface area contributed by atoms with E-state index in [2.05, 4.69) is 37.9 Å². The molecule has 0 unspecified atom stereocenters. The van der Waals surface area contributed by atoms with Gasteiger partial charge in [-0.3, -0.25) is 14.4 Å². The molecule has 0 aliphatic rings. The molecule has 0 spiro atoms. The second-order valence-electron chi connectivity index (χ2n) is 9.93. The summed E-state index contributed by atoms with van der Waals surface area (Å²) >= 11 is 1.56. The molecule has 3 aromatic rings. The number of ketones is 2. The third kappa shape index (κ3) is 8.19. The van der Waals surface area contributed by atoms with Crippen LogP contribution in [0.4, 0.5) is 0 Å². The lowest BCUT2D eigenvalue weighted by Gasteiger charge is -2.22. The van der Waals surface area contributed by atoms with Crippen molar-refractivity contribution >= 4 is 39.0 Å². The van der Waals surface area contributed by atoms with Gasteiger partial charge in [-0.2, -0.15) is 5.26 Å². The molecule has 7 heteroatoms. The van der Waals surface area contributed by atoms with Crippen molar-refractivity contribution in [2.45, 2.75) is 71.3 Å². The normalized spacial score (nSPS) is 12.6. The summed E-state index contributed by atoms with van der Waals surface area (Å²) in [6, 6.07) is 17.4. The summed E-state index contributed by atoms with van der Waals surface area (Å²) < 4.78 is 1.07. The fourth-order valence-electron chi connectivity index (χ4n) is 4.28. The fourth-order valence-corrected chi connectivity index (χ4v) is 5.38. The number of rotatable bonds is 14. The Morgan fingerprint density at radius 3 is 2.50 bits per heavy atom. The first-order valence-corrected chi connectivity index (χ1v) is 13.9. The SMILES string of the molecule is C=C(C#N)C(=O)CC[C@H](Cc1ccccc1)NC(=O)[C@@H](CC(=O)CC)Cc1nc2ccc(C(C)C)cc2s1. The van der Waals surface area contributed by atoms with E-state index in [0.29, 0.717) is 31.6 Å². The van der Waals surface area contributed by atoms with Crippen LogP contribution < -0.4 is 5.32 Å². The molecule has 0 saturated carbocycles. The zero-order chi connectivity index (χ0) is 27.7. The minimum absolute atomic E-state index is 0.0217. The van der Waals surface area contributed by atoms with Crippen molar-refractivity contribution < 1.29 is 14.4 Å². The summed E-state index contributed by atoms with van der Waals surface area (Å²) in [6.07, 6.45) is 1.88. The molecule has 1 heterocycles. The van der Waals surface area contributed by atoms with E-state index in [9.17, 15) is 14.4 Å². The molecule has 1 aromatic heterocycles. The van der Waals surface area contributed by atoms with Crippen LogP contribution in [0.3, 0.4) is 0 Å². The van der Waals surface area contributed by atoms with Gasteiger partial charge in [-0.15, -0.1) is 11.3 Å². The van der Waals surface area contributed by atoms with Crippen molar-refractivity contribution in [3.8, 4) is 6.07 Å². The van der Waals surface area contributed by atoms with Gasteiger partial charge in [-0.1, -0.05) is 63.7 Å². The molecule has 3 rings (SSSR count). The Balaban J connectivity index is 1.80. The number of hydrogen-bond acceptors (Lipinski definition) is 6. The Morgan fingerprint density at radius 2 is 1.84 bits per heavy atom. The molecule has 0 radical (unpaired) electrons. The number of hydrogen-bond donors (Lipinski definition) is 1. The maximum Gasteiger partial charge on any atom is 0.224 e. The predicted octanol–water partition coefficient (Wildman–Crippen LogP) is 6.10. The van der Waals surface area contributed by atoms with Crippen LogP contribution in [0.5, 0.6) is 0 Å². The molecule has 1 N–H and O–H groups in total. The minimum Gasteiger partial charge on any atom is -0.353 e. The lowest BCUT2D eigenvalue weighted by atomic mass is 9.94. The average Bonchev–Trinajstić information content (AvgIpc) is 3.32. The van der Waals surface area contributed by atoms with E-state index in [4.69, 9.17) is 10.2 Å². The summed E-state index contributed by atoms with van der Waals surface area (Å²) in [5.41, 5.74) is 3.07. The van der Waals surface area contributed by atoms with Gasteiger partial charge in [0.1, 0.15) is 11.9 Å². The van der Waals surface area contributed by atoms with Crippen LogP contribution in [-0.4, -0.2) is 28.5 Å². The van der Waals surface area contributed by atoms with Crippen LogP contribution in [0.25, 0.3) is 10.2 Å². The third-order valence-electron chi connectivity index (χ3n) is 6.65. The van der Waals surface area contributed by atoms with Crippen LogP contribution in [0, 0.1) is 17.2 Å².